The van der Waals surface area contributed by atoms with Crippen LogP contribution in [-0.4, -0.2) is 34.9 Å². The number of carboxylic acid groups (broad SMARTS) is 1. The second-order valence-corrected chi connectivity index (χ2v) is 6.72. The lowest BCUT2D eigenvalue weighted by Crippen LogP contribution is -2.44. The first-order valence-electron chi connectivity index (χ1n) is 8.38. The summed E-state index contributed by atoms with van der Waals surface area (Å²) in [4.78, 5) is 27.4. The first-order valence-corrected chi connectivity index (χ1v) is 8.38. The van der Waals surface area contributed by atoms with Gasteiger partial charge in [-0.15, -0.1) is 0 Å². The Hall–Kier alpha value is -1.95. The van der Waals surface area contributed by atoms with Crippen molar-refractivity contribution in [1.29, 1.82) is 0 Å². The smallest absolute Gasteiger partial charge is 0.328 e. The molecule has 1 saturated carbocycles. The molecule has 1 amide bonds. The van der Waals surface area contributed by atoms with Gasteiger partial charge in [0.25, 0.3) is 5.91 Å². The van der Waals surface area contributed by atoms with Crippen LogP contribution in [0.1, 0.15) is 52.9 Å². The molecule has 2 aliphatic rings. The molecule has 4 N–H and O–H groups in total. The number of aliphatic carboxylic acids is 1. The molecule has 0 radical (unpaired) electrons. The highest BCUT2D eigenvalue weighted by atomic mass is 16.4. The number of amides is 1. The lowest BCUT2D eigenvalue weighted by Gasteiger charge is -2.32. The molecule has 0 aromatic rings. The van der Waals surface area contributed by atoms with E-state index in [2.05, 4.69) is 16.9 Å². The molecule has 1 atom stereocenters. The summed E-state index contributed by atoms with van der Waals surface area (Å²) >= 11 is 0. The maximum atomic E-state index is 12.2. The Morgan fingerprint density at radius 2 is 1.96 bits per heavy atom. The molecule has 0 aromatic heterocycles. The maximum Gasteiger partial charge on any atom is 0.328 e. The van der Waals surface area contributed by atoms with Crippen molar-refractivity contribution >= 4 is 17.7 Å². The molecule has 6 heteroatoms. The summed E-state index contributed by atoms with van der Waals surface area (Å²) in [6, 6.07) is 0. The zero-order chi connectivity index (χ0) is 18.3. The van der Waals surface area contributed by atoms with Gasteiger partial charge in [-0.2, -0.15) is 0 Å². The number of nitrogens with two attached hydrogens (primary N) is 1. The molecule has 0 spiro atoms. The number of amidine groups is 1. The number of carbonyl (C=O) groups is 2. The normalized spacial score (nSPS) is 24.6. The van der Waals surface area contributed by atoms with E-state index in [1.807, 2.05) is 13.8 Å². The Morgan fingerprint density at radius 3 is 2.42 bits per heavy atom. The van der Waals surface area contributed by atoms with E-state index in [9.17, 15) is 9.59 Å². The maximum absolute atomic E-state index is 12.2. The van der Waals surface area contributed by atoms with E-state index in [1.165, 1.54) is 6.42 Å². The summed E-state index contributed by atoms with van der Waals surface area (Å²) in [7, 11) is 0. The van der Waals surface area contributed by atoms with Crippen LogP contribution in [0.25, 0.3) is 0 Å². The van der Waals surface area contributed by atoms with Crippen molar-refractivity contribution in [3.63, 3.8) is 0 Å². The molecule has 1 aliphatic carbocycles. The Balaban J connectivity index is 0.000000505. The number of nitrogens with zero attached hydrogens (tertiary/aromatic N) is 1. The number of aliphatic imine (C=N–C) groups is 1. The second kappa shape index (κ2) is 8.78. The van der Waals surface area contributed by atoms with E-state index < -0.39 is 11.5 Å². The van der Waals surface area contributed by atoms with Crippen molar-refractivity contribution in [3.8, 4) is 0 Å². The minimum Gasteiger partial charge on any atom is -0.478 e. The van der Waals surface area contributed by atoms with Gasteiger partial charge in [-0.05, 0) is 45.1 Å². The summed E-state index contributed by atoms with van der Waals surface area (Å²) in [5, 5.41) is 11.5. The van der Waals surface area contributed by atoms with Crippen LogP contribution < -0.4 is 11.1 Å². The van der Waals surface area contributed by atoms with Crippen LogP contribution in [0.2, 0.25) is 0 Å². The third-order valence-corrected chi connectivity index (χ3v) is 4.50. The standard InChI is InChI=1S/C14H20N2O3.C4H9N/c1-9(8-11(17)18)12-15-13(19)14(2,16-12)10-6-4-3-5-7-10;1-4(2)3-5/h8,10H,3-7H2,1-2H3,(H,17,18)(H,15,16,19);1,3,5H2,2H3/b9-8-;. The van der Waals surface area contributed by atoms with Crippen LogP contribution in [0.4, 0.5) is 0 Å². The molecule has 24 heavy (non-hydrogen) atoms. The molecule has 1 aliphatic heterocycles. The Kier molecular flexibility index (Phi) is 7.35. The molecule has 0 saturated heterocycles. The zero-order valence-electron chi connectivity index (χ0n) is 14.9. The van der Waals surface area contributed by atoms with Gasteiger partial charge in [0, 0.05) is 12.6 Å². The largest absolute Gasteiger partial charge is 0.478 e. The van der Waals surface area contributed by atoms with Gasteiger partial charge in [0.2, 0.25) is 0 Å². The number of carbonyl (C=O) groups excluding carboxylic acids is 1. The first-order chi connectivity index (χ1) is 11.2. The van der Waals surface area contributed by atoms with Crippen LogP contribution in [0.15, 0.2) is 28.8 Å². The summed E-state index contributed by atoms with van der Waals surface area (Å²) in [5.41, 5.74) is 5.86. The number of rotatable bonds is 4. The number of hydrogen-bond donors (Lipinski definition) is 3. The highest BCUT2D eigenvalue weighted by molar-refractivity contribution is 6.16. The van der Waals surface area contributed by atoms with Crippen LogP contribution in [-0.2, 0) is 9.59 Å². The average molecular weight is 335 g/mol. The topological polar surface area (TPSA) is 105 Å². The van der Waals surface area contributed by atoms with Gasteiger partial charge in [0.15, 0.2) is 0 Å². The highest BCUT2D eigenvalue weighted by Crippen LogP contribution is 2.37. The van der Waals surface area contributed by atoms with Crippen LogP contribution >= 0.6 is 0 Å². The number of nitrogens with one attached hydrogen (secondary N) is 1. The molecule has 1 unspecified atom stereocenters. The number of carboxylic acids is 1. The van der Waals surface area contributed by atoms with Gasteiger partial charge in [0.1, 0.15) is 11.4 Å². The third kappa shape index (κ3) is 5.30. The van der Waals surface area contributed by atoms with E-state index in [1.54, 1.807) is 6.92 Å². The van der Waals surface area contributed by atoms with Crippen molar-refractivity contribution in [1.82, 2.24) is 5.32 Å². The quantitative estimate of drug-likeness (QED) is 0.542. The summed E-state index contributed by atoms with van der Waals surface area (Å²) in [6.07, 6.45) is 6.61. The van der Waals surface area contributed by atoms with Gasteiger partial charge in [-0.3, -0.25) is 9.79 Å². The SMILES string of the molecule is C/C(=C/C(=O)O)C1=NC(C)(C2CCCCC2)C(=O)N1.C=C(C)CN. The predicted molar refractivity (Wildman–Crippen MR) is 95.8 cm³/mol. The predicted octanol–water partition coefficient (Wildman–Crippen LogP) is 2.41. The average Bonchev–Trinajstić information content (AvgIpc) is 2.85. The molecule has 1 fully saturated rings. The summed E-state index contributed by atoms with van der Waals surface area (Å²) in [6.45, 7) is 9.58. The van der Waals surface area contributed by atoms with E-state index in [4.69, 9.17) is 10.8 Å². The Labute approximate surface area is 143 Å². The van der Waals surface area contributed by atoms with Crippen LogP contribution in [0.3, 0.4) is 0 Å². The Morgan fingerprint density at radius 1 is 1.42 bits per heavy atom. The van der Waals surface area contributed by atoms with E-state index in [-0.39, 0.29) is 11.8 Å². The van der Waals surface area contributed by atoms with Gasteiger partial charge in [-0.25, -0.2) is 4.79 Å². The molecule has 6 nitrogen and oxygen atoms in total. The van der Waals surface area contributed by atoms with Gasteiger partial charge < -0.3 is 16.2 Å². The lowest BCUT2D eigenvalue weighted by molar-refractivity contribution is -0.131. The summed E-state index contributed by atoms with van der Waals surface area (Å²) < 4.78 is 0. The lowest BCUT2D eigenvalue weighted by atomic mass is 9.76. The Bertz CT molecular complexity index is 560. The molecule has 0 bridgehead atoms. The molecule has 134 valence electrons. The van der Waals surface area contributed by atoms with Crippen LogP contribution in [0.5, 0.6) is 0 Å². The zero-order valence-corrected chi connectivity index (χ0v) is 14.9. The molecule has 2 rings (SSSR count). The number of hydrogen-bond acceptors (Lipinski definition) is 4. The fraction of sp³-hybridized carbons (Fsp3) is 0.611. The second-order valence-electron chi connectivity index (χ2n) is 6.72. The monoisotopic (exact) mass is 335 g/mol. The van der Waals surface area contributed by atoms with Crippen molar-refractivity contribution in [2.24, 2.45) is 16.6 Å². The van der Waals surface area contributed by atoms with Crippen molar-refractivity contribution in [2.75, 3.05) is 6.54 Å². The minimum atomic E-state index is -1.03. The minimum absolute atomic E-state index is 0.104. The van der Waals surface area contributed by atoms with Crippen molar-refractivity contribution in [3.05, 3.63) is 23.8 Å². The van der Waals surface area contributed by atoms with Gasteiger partial charge in [-0.1, -0.05) is 31.4 Å². The van der Waals surface area contributed by atoms with E-state index in [0.29, 0.717) is 18.0 Å². The third-order valence-electron chi connectivity index (χ3n) is 4.50. The molecular weight excluding hydrogens is 306 g/mol. The van der Waals surface area contributed by atoms with E-state index in [0.717, 1.165) is 37.3 Å². The first kappa shape index (κ1) is 20.1. The highest BCUT2D eigenvalue weighted by Gasteiger charge is 2.45. The van der Waals surface area contributed by atoms with Crippen LogP contribution in [0, 0.1) is 5.92 Å². The van der Waals surface area contributed by atoms with Gasteiger partial charge in [0.05, 0.1) is 0 Å². The van der Waals surface area contributed by atoms with Gasteiger partial charge >= 0.3 is 5.97 Å². The van der Waals surface area contributed by atoms with E-state index >= 15 is 0 Å². The summed E-state index contributed by atoms with van der Waals surface area (Å²) in [5.74, 6) is -0.467. The fourth-order valence-electron chi connectivity index (χ4n) is 2.93. The molecular formula is C18H29N3O3. The molecule has 0 aromatic carbocycles. The van der Waals surface area contributed by atoms with Crippen molar-refractivity contribution in [2.45, 2.75) is 58.4 Å². The van der Waals surface area contributed by atoms with Crippen molar-refractivity contribution < 1.29 is 14.7 Å². The fourth-order valence-corrected chi connectivity index (χ4v) is 2.93. The molecule has 1 heterocycles.